The van der Waals surface area contributed by atoms with Crippen molar-refractivity contribution in [1.29, 1.82) is 0 Å². The van der Waals surface area contributed by atoms with Gasteiger partial charge in [0.15, 0.2) is 0 Å². The second kappa shape index (κ2) is 5.36. The second-order valence-electron chi connectivity index (χ2n) is 2.60. The minimum atomic E-state index is -5.79. The van der Waals surface area contributed by atoms with Crippen LogP contribution in [0.4, 0.5) is 22.0 Å². The molecule has 0 aliphatic rings. The third-order valence-corrected chi connectivity index (χ3v) is 4.06. The Morgan fingerprint density at radius 1 is 0.875 bits per heavy atom. The molecule has 0 bridgehead atoms. The summed E-state index contributed by atoms with van der Waals surface area (Å²) in [5, 5.41) is 0. The molecule has 10 heteroatoms. The summed E-state index contributed by atoms with van der Waals surface area (Å²) in [4.78, 5) is 0. The quantitative estimate of drug-likeness (QED) is 0.542. The van der Waals surface area contributed by atoms with Crippen molar-refractivity contribution < 1.29 is 40.0 Å². The van der Waals surface area contributed by atoms with Gasteiger partial charge in [0.1, 0.15) is 6.23 Å². The Morgan fingerprint density at radius 3 is 1.50 bits per heavy atom. The molecule has 0 fully saturated rings. The first kappa shape index (κ1) is 15.7. The fourth-order valence-corrected chi connectivity index (χ4v) is 1.90. The highest BCUT2D eigenvalue weighted by molar-refractivity contribution is 6.60. The van der Waals surface area contributed by atoms with Crippen LogP contribution in [0.5, 0.6) is 0 Å². The van der Waals surface area contributed by atoms with Crippen molar-refractivity contribution in [2.24, 2.45) is 0 Å². The molecule has 0 aromatic rings. The van der Waals surface area contributed by atoms with Crippen LogP contribution in [0.25, 0.3) is 0 Å². The lowest BCUT2D eigenvalue weighted by atomic mass is 10.6. The Balaban J connectivity index is 4.54. The van der Waals surface area contributed by atoms with E-state index in [2.05, 4.69) is 18.0 Å². The average Bonchev–Trinajstić information content (AvgIpc) is 2.19. The Morgan fingerprint density at radius 2 is 1.25 bits per heavy atom. The van der Waals surface area contributed by atoms with Gasteiger partial charge in [0, 0.05) is 21.3 Å². The van der Waals surface area contributed by atoms with Crippen molar-refractivity contribution in [3.8, 4) is 0 Å². The molecule has 0 spiro atoms. The molecule has 0 amide bonds. The Kier molecular flexibility index (Phi) is 5.26. The fraction of sp³-hybridized carbons (Fsp3) is 1.00. The lowest BCUT2D eigenvalue weighted by Gasteiger charge is -2.27. The summed E-state index contributed by atoms with van der Waals surface area (Å²) in [6.45, 7) is 0. The van der Waals surface area contributed by atoms with Gasteiger partial charge in [-0.05, 0) is 0 Å². The molecule has 98 valence electrons. The zero-order valence-electron chi connectivity index (χ0n) is 8.73. The molecule has 0 saturated heterocycles. The summed E-state index contributed by atoms with van der Waals surface area (Å²) in [5.74, 6) is 0. The molecule has 0 aliphatic carbocycles. The first-order valence-corrected chi connectivity index (χ1v) is 5.81. The monoisotopic (exact) mass is 270 g/mol. The van der Waals surface area contributed by atoms with Gasteiger partial charge in [0.05, 0.1) is 0 Å². The van der Waals surface area contributed by atoms with Gasteiger partial charge in [-0.2, -0.15) is 22.0 Å². The third-order valence-electron chi connectivity index (χ3n) is 1.69. The second-order valence-corrected chi connectivity index (χ2v) is 5.48. The predicted molar refractivity (Wildman–Crippen MR) is 43.7 cm³/mol. The van der Waals surface area contributed by atoms with Gasteiger partial charge >= 0.3 is 21.1 Å². The average molecular weight is 270 g/mol. The van der Waals surface area contributed by atoms with E-state index < -0.39 is 27.3 Å². The van der Waals surface area contributed by atoms with Crippen LogP contribution in [0.1, 0.15) is 0 Å². The molecule has 0 rings (SSSR count). The number of alkyl halides is 5. The van der Waals surface area contributed by atoms with Gasteiger partial charge in [-0.15, -0.1) is 0 Å². The van der Waals surface area contributed by atoms with E-state index in [0.717, 1.165) is 21.3 Å². The maximum atomic E-state index is 12.4. The summed E-state index contributed by atoms with van der Waals surface area (Å²) in [6, 6.07) is 0. The van der Waals surface area contributed by atoms with Gasteiger partial charge in [0.2, 0.25) is 0 Å². The Bertz CT molecular complexity index is 207. The SMILES string of the molecule is CO[Si](COC(F)(F)C(F)(F)F)(OC)OC. The van der Waals surface area contributed by atoms with E-state index in [4.69, 9.17) is 0 Å². The summed E-state index contributed by atoms with van der Waals surface area (Å²) in [5.41, 5.74) is 0. The van der Waals surface area contributed by atoms with E-state index in [-0.39, 0.29) is 0 Å². The number of hydrogen-bond donors (Lipinski definition) is 0. The summed E-state index contributed by atoms with van der Waals surface area (Å²) < 4.78 is 77.3. The van der Waals surface area contributed by atoms with E-state index >= 15 is 0 Å². The maximum Gasteiger partial charge on any atom is 0.527 e. The lowest BCUT2D eigenvalue weighted by Crippen LogP contribution is -2.52. The van der Waals surface area contributed by atoms with Crippen LogP contribution in [-0.4, -0.2) is 48.6 Å². The smallest absolute Gasteiger partial charge is 0.375 e. The van der Waals surface area contributed by atoms with Crippen LogP contribution < -0.4 is 0 Å². The molecule has 0 unspecified atom stereocenters. The first-order valence-electron chi connectivity index (χ1n) is 3.88. The van der Waals surface area contributed by atoms with Gasteiger partial charge in [-0.3, -0.25) is 0 Å². The van der Waals surface area contributed by atoms with Gasteiger partial charge in [-0.25, -0.2) is 0 Å². The minimum Gasteiger partial charge on any atom is -0.375 e. The molecule has 0 aromatic heterocycles. The van der Waals surface area contributed by atoms with Gasteiger partial charge in [0.25, 0.3) is 0 Å². The molecular weight excluding hydrogens is 259 g/mol. The molecule has 0 atom stereocenters. The molecule has 16 heavy (non-hydrogen) atoms. The van der Waals surface area contributed by atoms with Crippen LogP contribution in [0.2, 0.25) is 0 Å². The molecule has 4 nitrogen and oxygen atoms in total. The third kappa shape index (κ3) is 3.63. The molecular formula is C6H11F5O4Si. The van der Waals surface area contributed by atoms with Crippen molar-refractivity contribution >= 4 is 8.80 Å². The number of ether oxygens (including phenoxy) is 1. The van der Waals surface area contributed by atoms with E-state index in [1.807, 2.05) is 0 Å². The van der Waals surface area contributed by atoms with Crippen molar-refractivity contribution in [2.45, 2.75) is 12.3 Å². The molecule has 0 saturated carbocycles. The Labute approximate surface area is 89.6 Å². The van der Waals surface area contributed by atoms with Crippen LogP contribution in [0.3, 0.4) is 0 Å². The van der Waals surface area contributed by atoms with Crippen LogP contribution >= 0.6 is 0 Å². The van der Waals surface area contributed by atoms with Crippen molar-refractivity contribution in [3.63, 3.8) is 0 Å². The van der Waals surface area contributed by atoms with E-state index in [9.17, 15) is 22.0 Å². The number of rotatable bonds is 6. The van der Waals surface area contributed by atoms with Crippen LogP contribution in [0.15, 0.2) is 0 Å². The topological polar surface area (TPSA) is 36.9 Å². The van der Waals surface area contributed by atoms with Crippen LogP contribution in [0, 0.1) is 0 Å². The highest BCUT2D eigenvalue weighted by atomic mass is 28.4. The zero-order chi connectivity index (χ0) is 13.0. The fourth-order valence-electron chi connectivity index (χ4n) is 0.688. The largest absolute Gasteiger partial charge is 0.527 e. The molecule has 0 N–H and O–H groups in total. The Hall–Kier alpha value is -0.293. The zero-order valence-corrected chi connectivity index (χ0v) is 9.73. The van der Waals surface area contributed by atoms with E-state index in [1.165, 1.54) is 0 Å². The highest BCUT2D eigenvalue weighted by Gasteiger charge is 2.61. The molecule has 0 radical (unpaired) electrons. The molecule has 0 heterocycles. The van der Waals surface area contributed by atoms with Gasteiger partial charge in [-0.1, -0.05) is 0 Å². The standard InChI is InChI=1S/C6H11F5O4Si/c1-12-16(13-2,14-3)4-15-6(10,11)5(7,8)9/h4H2,1-3H3. The lowest BCUT2D eigenvalue weighted by molar-refractivity contribution is -0.388. The van der Waals surface area contributed by atoms with Crippen molar-refractivity contribution in [3.05, 3.63) is 0 Å². The van der Waals surface area contributed by atoms with Crippen molar-refractivity contribution in [1.82, 2.24) is 0 Å². The molecule has 0 aromatic carbocycles. The highest BCUT2D eigenvalue weighted by Crippen LogP contribution is 2.36. The van der Waals surface area contributed by atoms with Gasteiger partial charge < -0.3 is 18.0 Å². The normalized spacial score (nSPS) is 14.2. The maximum absolute atomic E-state index is 12.4. The van der Waals surface area contributed by atoms with Crippen molar-refractivity contribution in [2.75, 3.05) is 27.6 Å². The summed E-state index contributed by atoms with van der Waals surface area (Å²) in [7, 11) is -0.417. The molecule has 0 aliphatic heterocycles. The number of halogens is 5. The first-order chi connectivity index (χ1) is 7.14. The minimum absolute atomic E-state index is 1.06. The summed E-state index contributed by atoms with van der Waals surface area (Å²) in [6.07, 6.45) is -12.2. The van der Waals surface area contributed by atoms with E-state index in [0.29, 0.717) is 0 Å². The predicted octanol–water partition coefficient (Wildman–Crippen LogP) is 1.58. The van der Waals surface area contributed by atoms with Crippen LogP contribution in [-0.2, 0) is 18.0 Å². The van der Waals surface area contributed by atoms with E-state index in [1.54, 1.807) is 0 Å². The summed E-state index contributed by atoms with van der Waals surface area (Å²) >= 11 is 0. The number of hydrogen-bond acceptors (Lipinski definition) is 4.